The number of aliphatic imine (C=N–C) groups is 2. The lowest BCUT2D eigenvalue weighted by molar-refractivity contribution is -0.114. The Morgan fingerprint density at radius 2 is 1.95 bits per heavy atom. The zero-order valence-corrected chi connectivity index (χ0v) is 24.6. The van der Waals surface area contributed by atoms with Crippen molar-refractivity contribution in [1.82, 2.24) is 15.0 Å². The van der Waals surface area contributed by atoms with Crippen molar-refractivity contribution in [3.63, 3.8) is 0 Å². The SMILES string of the molecule is COc1c(NS(C)(=O)=O)cc(C(C)(C)C)cc1C1(n2cc(C3=NC4=NSCC4=N3)nn2)CC(C(N)=O)=CC=C1C. The summed E-state index contributed by atoms with van der Waals surface area (Å²) >= 11 is 1.39. The minimum atomic E-state index is -3.66. The number of carbonyl (C=O) groups is 1. The van der Waals surface area contributed by atoms with E-state index in [1.165, 1.54) is 19.1 Å². The van der Waals surface area contributed by atoms with Gasteiger partial charge >= 0.3 is 0 Å². The number of rotatable bonds is 7. The average molecular weight is 583 g/mol. The zero-order valence-electron chi connectivity index (χ0n) is 23.0. The van der Waals surface area contributed by atoms with Gasteiger partial charge in [0.05, 0.1) is 31.0 Å². The van der Waals surface area contributed by atoms with Crippen LogP contribution in [0, 0.1) is 0 Å². The van der Waals surface area contributed by atoms with Crippen molar-refractivity contribution in [2.24, 2.45) is 20.1 Å². The molecule has 2 aliphatic heterocycles. The van der Waals surface area contributed by atoms with Crippen LogP contribution < -0.4 is 15.2 Å². The minimum absolute atomic E-state index is 0.125. The summed E-state index contributed by atoms with van der Waals surface area (Å²) in [6.45, 7) is 7.98. The molecule has 1 aliphatic carbocycles. The summed E-state index contributed by atoms with van der Waals surface area (Å²) in [4.78, 5) is 21.5. The van der Waals surface area contributed by atoms with Crippen LogP contribution in [0.2, 0.25) is 0 Å². The third-order valence-corrected chi connectivity index (χ3v) is 8.32. The van der Waals surface area contributed by atoms with Gasteiger partial charge in [0.15, 0.2) is 11.7 Å². The van der Waals surface area contributed by atoms with Crippen LogP contribution in [0.5, 0.6) is 5.75 Å². The number of nitrogens with two attached hydrogens (primary N) is 1. The predicted molar refractivity (Wildman–Crippen MR) is 157 cm³/mol. The zero-order chi connectivity index (χ0) is 29.0. The van der Waals surface area contributed by atoms with E-state index in [1.54, 1.807) is 23.0 Å². The number of benzene rings is 1. The number of primary amides is 1. The summed E-state index contributed by atoms with van der Waals surface area (Å²) in [6.07, 6.45) is 6.41. The molecule has 12 nitrogen and oxygen atoms in total. The van der Waals surface area contributed by atoms with Crippen LogP contribution >= 0.6 is 11.9 Å². The lowest BCUT2D eigenvalue weighted by Crippen LogP contribution is -2.41. The standard InChI is InChI=1S/C26H30N8O4S2/c1-14-7-8-15(22(27)35)11-26(14,34-12-19(30-33-34)23-28-20-13-39-31-24(20)29-23)17-9-16(25(2,3)4)10-18(21(17)38-5)32-40(6,36)37/h7-10,12,32H,11,13H2,1-6H3,(H2,27,35). The largest absolute Gasteiger partial charge is 0.494 e. The molecule has 0 fully saturated rings. The van der Waals surface area contributed by atoms with E-state index < -0.39 is 21.5 Å². The quantitative estimate of drug-likeness (QED) is 0.474. The molecule has 0 spiro atoms. The number of allylic oxidation sites excluding steroid dienone is 3. The molecule has 14 heteroatoms. The van der Waals surface area contributed by atoms with Crippen molar-refractivity contribution >= 4 is 50.9 Å². The van der Waals surface area contributed by atoms with Gasteiger partial charge in [0, 0.05) is 17.6 Å². The summed E-state index contributed by atoms with van der Waals surface area (Å²) in [5.74, 6) is 1.32. The number of amidine groups is 2. The van der Waals surface area contributed by atoms with Gasteiger partial charge in [0.2, 0.25) is 15.9 Å². The number of aromatic nitrogens is 3. The summed E-state index contributed by atoms with van der Waals surface area (Å²) in [6, 6.07) is 3.72. The van der Waals surface area contributed by atoms with Crippen LogP contribution in [0.4, 0.5) is 5.69 Å². The molecule has 2 aromatic rings. The molecule has 0 bridgehead atoms. The Morgan fingerprint density at radius 1 is 1.20 bits per heavy atom. The van der Waals surface area contributed by atoms with Crippen molar-refractivity contribution in [2.45, 2.75) is 45.1 Å². The molecule has 1 atom stereocenters. The molecule has 3 aliphatic rings. The fourth-order valence-corrected chi connectivity index (χ4v) is 6.12. The van der Waals surface area contributed by atoms with Gasteiger partial charge in [-0.15, -0.1) is 5.10 Å². The minimum Gasteiger partial charge on any atom is -0.494 e. The Labute approximate surface area is 236 Å². The summed E-state index contributed by atoms with van der Waals surface area (Å²) in [7, 11) is -2.20. The Kier molecular flexibility index (Phi) is 6.73. The molecule has 3 N–H and O–H groups in total. The molecular weight excluding hydrogens is 552 g/mol. The van der Waals surface area contributed by atoms with Gasteiger partial charge in [-0.3, -0.25) is 9.52 Å². The van der Waals surface area contributed by atoms with E-state index in [9.17, 15) is 13.2 Å². The molecule has 0 saturated heterocycles. The molecule has 3 heterocycles. The number of amides is 1. The van der Waals surface area contributed by atoms with Gasteiger partial charge in [-0.05, 0) is 47.6 Å². The molecule has 1 amide bonds. The fraction of sp³-hybridized carbons (Fsp3) is 0.385. The van der Waals surface area contributed by atoms with Crippen LogP contribution in [-0.4, -0.2) is 65.8 Å². The van der Waals surface area contributed by atoms with Crippen molar-refractivity contribution in [2.75, 3.05) is 23.8 Å². The molecule has 5 rings (SSSR count). The van der Waals surface area contributed by atoms with E-state index in [1.807, 2.05) is 39.8 Å². The summed E-state index contributed by atoms with van der Waals surface area (Å²) < 4.78 is 39.2. The molecule has 40 heavy (non-hydrogen) atoms. The van der Waals surface area contributed by atoms with Crippen molar-refractivity contribution in [3.05, 3.63) is 58.4 Å². The lowest BCUT2D eigenvalue weighted by atomic mass is 9.72. The smallest absolute Gasteiger partial charge is 0.244 e. The molecule has 0 radical (unpaired) electrons. The average Bonchev–Trinajstić information content (AvgIpc) is 3.59. The van der Waals surface area contributed by atoms with E-state index in [-0.39, 0.29) is 23.3 Å². The number of fused-ring (bicyclic) bond motifs is 1. The molecular formula is C26H30N8O4S2. The number of nitrogens with one attached hydrogen (secondary N) is 1. The third kappa shape index (κ3) is 4.85. The van der Waals surface area contributed by atoms with Gasteiger partial charge in [-0.1, -0.05) is 38.1 Å². The van der Waals surface area contributed by atoms with Gasteiger partial charge in [0.25, 0.3) is 0 Å². The van der Waals surface area contributed by atoms with E-state index in [0.29, 0.717) is 34.3 Å². The number of anilines is 1. The second kappa shape index (κ2) is 9.70. The first-order valence-corrected chi connectivity index (χ1v) is 15.2. The topological polar surface area (TPSA) is 166 Å². The van der Waals surface area contributed by atoms with Crippen molar-refractivity contribution in [3.8, 4) is 5.75 Å². The Bertz CT molecular complexity index is 1690. The number of hydrogen-bond donors (Lipinski definition) is 2. The second-order valence-electron chi connectivity index (χ2n) is 10.9. The highest BCUT2D eigenvalue weighted by Crippen LogP contribution is 2.49. The first kappa shape index (κ1) is 27.8. The van der Waals surface area contributed by atoms with Gasteiger partial charge in [-0.2, -0.15) is 4.40 Å². The monoisotopic (exact) mass is 582 g/mol. The van der Waals surface area contributed by atoms with Crippen molar-refractivity contribution < 1.29 is 17.9 Å². The number of methoxy groups -OCH3 is 1. The van der Waals surface area contributed by atoms with Crippen LogP contribution in [0.3, 0.4) is 0 Å². The highest BCUT2D eigenvalue weighted by Gasteiger charge is 2.45. The number of ether oxygens (including phenoxy) is 1. The lowest BCUT2D eigenvalue weighted by Gasteiger charge is -2.39. The number of nitrogens with zero attached hydrogens (tertiary/aromatic N) is 6. The predicted octanol–water partition coefficient (Wildman–Crippen LogP) is 2.72. The van der Waals surface area contributed by atoms with Gasteiger partial charge in [0.1, 0.15) is 22.7 Å². The van der Waals surface area contributed by atoms with Gasteiger partial charge < -0.3 is 10.5 Å². The maximum Gasteiger partial charge on any atom is 0.244 e. The first-order valence-electron chi connectivity index (χ1n) is 12.4. The Morgan fingerprint density at radius 3 is 2.58 bits per heavy atom. The molecule has 210 valence electrons. The molecule has 0 saturated carbocycles. The highest BCUT2D eigenvalue weighted by atomic mass is 32.2. The van der Waals surface area contributed by atoms with Gasteiger partial charge in [-0.25, -0.2) is 23.1 Å². The Hall–Kier alpha value is -3.78. The number of sulfonamides is 1. The third-order valence-electron chi connectivity index (χ3n) is 7.03. The normalized spacial score (nSPS) is 20.7. The van der Waals surface area contributed by atoms with E-state index in [0.717, 1.165) is 23.1 Å². The summed E-state index contributed by atoms with van der Waals surface area (Å²) in [5.41, 5.74) is 8.33. The molecule has 1 aromatic carbocycles. The van der Waals surface area contributed by atoms with Crippen LogP contribution in [0.15, 0.2) is 56.0 Å². The van der Waals surface area contributed by atoms with Crippen LogP contribution in [-0.2, 0) is 25.8 Å². The molecule has 1 aromatic heterocycles. The summed E-state index contributed by atoms with van der Waals surface area (Å²) in [5, 5.41) is 8.88. The highest BCUT2D eigenvalue weighted by molar-refractivity contribution is 7.99. The van der Waals surface area contributed by atoms with E-state index >= 15 is 0 Å². The first-order chi connectivity index (χ1) is 18.7. The van der Waals surface area contributed by atoms with Crippen molar-refractivity contribution in [1.29, 1.82) is 0 Å². The second-order valence-corrected chi connectivity index (χ2v) is 13.4. The fourth-order valence-electron chi connectivity index (χ4n) is 4.92. The maximum atomic E-state index is 12.5. The number of hydrogen-bond acceptors (Lipinski definition) is 10. The number of carbonyl (C=O) groups excluding carboxylic acids is 1. The van der Waals surface area contributed by atoms with Crippen LogP contribution in [0.1, 0.15) is 50.9 Å². The maximum absolute atomic E-state index is 12.5. The molecule has 1 unspecified atom stereocenters. The van der Waals surface area contributed by atoms with E-state index in [2.05, 4.69) is 29.4 Å². The Balaban J connectivity index is 1.79. The van der Waals surface area contributed by atoms with Crippen LogP contribution in [0.25, 0.3) is 0 Å². The van der Waals surface area contributed by atoms with E-state index in [4.69, 9.17) is 10.5 Å².